The number of aromatic nitrogens is 1. The van der Waals surface area contributed by atoms with Gasteiger partial charge in [-0.3, -0.25) is 0 Å². The Kier molecular flexibility index (Phi) is 3.87. The molecule has 0 bridgehead atoms. The second-order valence-corrected chi connectivity index (χ2v) is 2.61. The van der Waals surface area contributed by atoms with Crippen LogP contribution in [0.5, 0.6) is 0 Å². The van der Waals surface area contributed by atoms with Crippen molar-refractivity contribution in [1.29, 1.82) is 0 Å². The average Bonchev–Trinajstić information content (AvgIpc) is 2.25. The number of rotatable bonds is 4. The molecule has 5 heteroatoms. The zero-order valence-corrected chi connectivity index (χ0v) is 7.99. The Bertz CT molecular complexity index is 315. The summed E-state index contributed by atoms with van der Waals surface area (Å²) in [6, 6.07) is 3.33. The van der Waals surface area contributed by atoms with Gasteiger partial charge in [-0.05, 0) is 12.1 Å². The molecule has 0 saturated carbocycles. The van der Waals surface area contributed by atoms with Gasteiger partial charge in [-0.1, -0.05) is 0 Å². The molecule has 1 heterocycles. The van der Waals surface area contributed by atoms with Gasteiger partial charge >= 0.3 is 5.97 Å². The summed E-state index contributed by atoms with van der Waals surface area (Å²) in [4.78, 5) is 15.3. The van der Waals surface area contributed by atoms with Gasteiger partial charge in [-0.2, -0.15) is 0 Å². The number of esters is 1. The summed E-state index contributed by atoms with van der Waals surface area (Å²) in [5.41, 5.74) is 5.75. The van der Waals surface area contributed by atoms with E-state index in [-0.39, 0.29) is 0 Å². The van der Waals surface area contributed by atoms with Crippen molar-refractivity contribution in [2.45, 2.75) is 0 Å². The fraction of sp³-hybridized carbons (Fsp3) is 0.333. The number of nitrogens with two attached hydrogens (primary N) is 1. The molecule has 0 atom stereocenters. The first-order valence-corrected chi connectivity index (χ1v) is 4.27. The highest BCUT2D eigenvalue weighted by Gasteiger charge is 2.11. The van der Waals surface area contributed by atoms with Crippen LogP contribution in [-0.4, -0.2) is 31.2 Å². The highest BCUT2D eigenvalue weighted by molar-refractivity contribution is 5.94. The largest absolute Gasteiger partial charge is 0.465 e. The molecule has 76 valence electrons. The van der Waals surface area contributed by atoms with Crippen LogP contribution < -0.4 is 11.1 Å². The molecule has 0 saturated heterocycles. The van der Waals surface area contributed by atoms with Crippen molar-refractivity contribution in [1.82, 2.24) is 4.98 Å². The van der Waals surface area contributed by atoms with Crippen molar-refractivity contribution in [3.63, 3.8) is 0 Å². The van der Waals surface area contributed by atoms with Gasteiger partial charge < -0.3 is 15.8 Å². The van der Waals surface area contributed by atoms with Crippen molar-refractivity contribution in [3.05, 3.63) is 23.9 Å². The van der Waals surface area contributed by atoms with Gasteiger partial charge in [0.25, 0.3) is 0 Å². The first-order valence-electron chi connectivity index (χ1n) is 4.27. The lowest BCUT2D eigenvalue weighted by Crippen LogP contribution is -2.16. The van der Waals surface area contributed by atoms with Crippen LogP contribution in [0.25, 0.3) is 0 Å². The smallest absolute Gasteiger partial charge is 0.341 e. The van der Waals surface area contributed by atoms with E-state index >= 15 is 0 Å². The number of anilines is 1. The van der Waals surface area contributed by atoms with Crippen LogP contribution in [0.1, 0.15) is 10.4 Å². The quantitative estimate of drug-likeness (QED) is 0.673. The lowest BCUT2D eigenvalue weighted by atomic mass is 10.2. The van der Waals surface area contributed by atoms with Crippen LogP contribution in [0.3, 0.4) is 0 Å². The third-order valence-corrected chi connectivity index (χ3v) is 1.65. The Labute approximate surface area is 82.3 Å². The van der Waals surface area contributed by atoms with E-state index in [1.165, 1.54) is 7.11 Å². The first-order chi connectivity index (χ1) is 6.79. The molecule has 0 aliphatic carbocycles. The van der Waals surface area contributed by atoms with Gasteiger partial charge in [0.1, 0.15) is 11.4 Å². The first kappa shape index (κ1) is 10.5. The van der Waals surface area contributed by atoms with Crippen molar-refractivity contribution in [2.75, 3.05) is 25.5 Å². The number of ether oxygens (including phenoxy) is 1. The SMILES string of the molecule is COC(=O)c1cccnc1NCCN. The van der Waals surface area contributed by atoms with Crippen molar-refractivity contribution >= 4 is 11.8 Å². The van der Waals surface area contributed by atoms with Gasteiger partial charge in [0.05, 0.1) is 7.11 Å². The van der Waals surface area contributed by atoms with E-state index in [9.17, 15) is 4.79 Å². The number of nitrogens with one attached hydrogen (secondary N) is 1. The minimum atomic E-state index is -0.405. The molecule has 14 heavy (non-hydrogen) atoms. The monoisotopic (exact) mass is 195 g/mol. The van der Waals surface area contributed by atoms with Crippen LogP contribution >= 0.6 is 0 Å². The van der Waals surface area contributed by atoms with E-state index < -0.39 is 5.97 Å². The molecule has 0 fully saturated rings. The molecule has 3 N–H and O–H groups in total. The molecule has 5 nitrogen and oxygen atoms in total. The molecule has 0 radical (unpaired) electrons. The van der Waals surface area contributed by atoms with Crippen LogP contribution in [-0.2, 0) is 4.74 Å². The number of methoxy groups -OCH3 is 1. The molecule has 0 spiro atoms. The van der Waals surface area contributed by atoms with Gasteiger partial charge in [-0.25, -0.2) is 9.78 Å². The van der Waals surface area contributed by atoms with Gasteiger partial charge in [0, 0.05) is 19.3 Å². The van der Waals surface area contributed by atoms with Crippen LogP contribution in [0.4, 0.5) is 5.82 Å². The van der Waals surface area contributed by atoms with Crippen molar-refractivity contribution in [2.24, 2.45) is 5.73 Å². The van der Waals surface area contributed by atoms with E-state index in [0.29, 0.717) is 24.5 Å². The summed E-state index contributed by atoms with van der Waals surface area (Å²) in [5, 5.41) is 2.94. The zero-order chi connectivity index (χ0) is 10.4. The van der Waals surface area contributed by atoms with E-state index in [4.69, 9.17) is 5.73 Å². The normalized spacial score (nSPS) is 9.57. The van der Waals surface area contributed by atoms with E-state index in [2.05, 4.69) is 15.0 Å². The van der Waals surface area contributed by atoms with Gasteiger partial charge in [-0.15, -0.1) is 0 Å². The number of pyridine rings is 1. The minimum absolute atomic E-state index is 0.405. The summed E-state index contributed by atoms with van der Waals surface area (Å²) >= 11 is 0. The Morgan fingerprint density at radius 2 is 2.50 bits per heavy atom. The molecular formula is C9H13N3O2. The maximum atomic E-state index is 11.3. The van der Waals surface area contributed by atoms with E-state index in [1.54, 1.807) is 18.3 Å². The standard InChI is InChI=1S/C9H13N3O2/c1-14-9(13)7-3-2-5-11-8(7)12-6-4-10/h2-3,5H,4,6,10H2,1H3,(H,11,12). The zero-order valence-electron chi connectivity index (χ0n) is 7.99. The Morgan fingerprint density at radius 3 is 3.14 bits per heavy atom. The summed E-state index contributed by atoms with van der Waals surface area (Å²) < 4.78 is 4.61. The molecule has 0 aliphatic rings. The predicted octanol–water partition coefficient (Wildman–Crippen LogP) is 0.239. The van der Waals surface area contributed by atoms with E-state index in [0.717, 1.165) is 0 Å². The summed E-state index contributed by atoms with van der Waals surface area (Å²) in [7, 11) is 1.34. The van der Waals surface area contributed by atoms with Gasteiger partial charge in [0.15, 0.2) is 0 Å². The van der Waals surface area contributed by atoms with Crippen LogP contribution in [0.15, 0.2) is 18.3 Å². The third kappa shape index (κ3) is 2.43. The molecule has 0 aliphatic heterocycles. The molecule has 0 aromatic carbocycles. The maximum Gasteiger partial charge on any atom is 0.341 e. The number of hydrogen-bond donors (Lipinski definition) is 2. The molecule has 1 aromatic heterocycles. The van der Waals surface area contributed by atoms with Crippen LogP contribution in [0, 0.1) is 0 Å². The number of hydrogen-bond acceptors (Lipinski definition) is 5. The topological polar surface area (TPSA) is 77.2 Å². The van der Waals surface area contributed by atoms with Crippen molar-refractivity contribution < 1.29 is 9.53 Å². The molecule has 1 rings (SSSR count). The number of carbonyl (C=O) groups excluding carboxylic acids is 1. The fourth-order valence-electron chi connectivity index (χ4n) is 1.01. The number of nitrogens with zero attached hydrogens (tertiary/aromatic N) is 1. The molecule has 0 amide bonds. The summed E-state index contributed by atoms with van der Waals surface area (Å²) in [5.74, 6) is 0.0995. The maximum absolute atomic E-state index is 11.3. The van der Waals surface area contributed by atoms with Crippen molar-refractivity contribution in [3.8, 4) is 0 Å². The summed E-state index contributed by atoms with van der Waals surface area (Å²) in [6.07, 6.45) is 1.60. The summed E-state index contributed by atoms with van der Waals surface area (Å²) in [6.45, 7) is 1.05. The van der Waals surface area contributed by atoms with Crippen LogP contribution in [0.2, 0.25) is 0 Å². The highest BCUT2D eigenvalue weighted by atomic mass is 16.5. The Hall–Kier alpha value is -1.62. The molecule has 1 aromatic rings. The van der Waals surface area contributed by atoms with Gasteiger partial charge in [0.2, 0.25) is 0 Å². The molecular weight excluding hydrogens is 182 g/mol. The van der Waals surface area contributed by atoms with E-state index in [1.807, 2.05) is 0 Å². The lowest BCUT2D eigenvalue weighted by molar-refractivity contribution is 0.0601. The Morgan fingerprint density at radius 1 is 1.71 bits per heavy atom. The third-order valence-electron chi connectivity index (χ3n) is 1.65. The second kappa shape index (κ2) is 5.18. The number of carbonyl (C=O) groups is 1. The fourth-order valence-corrected chi connectivity index (χ4v) is 1.01. The second-order valence-electron chi connectivity index (χ2n) is 2.61. The predicted molar refractivity (Wildman–Crippen MR) is 53.1 cm³/mol. The average molecular weight is 195 g/mol. The highest BCUT2D eigenvalue weighted by Crippen LogP contribution is 2.11. The lowest BCUT2D eigenvalue weighted by Gasteiger charge is -2.07. The Balaban J connectivity index is 2.85. The minimum Gasteiger partial charge on any atom is -0.465 e. The molecule has 0 unspecified atom stereocenters.